The number of pyridine rings is 1. The molecule has 22 heavy (non-hydrogen) atoms. The van der Waals surface area contributed by atoms with Gasteiger partial charge < -0.3 is 4.43 Å². The van der Waals surface area contributed by atoms with E-state index in [1.807, 2.05) is 19.1 Å². The Morgan fingerprint density at radius 1 is 1.23 bits per heavy atom. The number of aryl methyl sites for hydroxylation is 1. The summed E-state index contributed by atoms with van der Waals surface area (Å²) in [6, 6.07) is 3.78. The van der Waals surface area contributed by atoms with Crippen molar-refractivity contribution < 1.29 is 9.22 Å². The van der Waals surface area contributed by atoms with Gasteiger partial charge in [-0.25, -0.2) is 9.78 Å². The lowest BCUT2D eigenvalue weighted by Crippen LogP contribution is -2.42. The molecule has 2 aromatic rings. The van der Waals surface area contributed by atoms with Crippen LogP contribution >= 0.6 is 11.3 Å². The third-order valence-electron chi connectivity index (χ3n) is 4.06. The normalized spacial score (nSPS) is 12.3. The molecule has 0 fully saturated rings. The minimum Gasteiger partial charge on any atom is -0.515 e. The van der Waals surface area contributed by atoms with E-state index in [-0.39, 0.29) is 11.0 Å². The molecule has 0 N–H and O–H groups in total. The van der Waals surface area contributed by atoms with Crippen molar-refractivity contribution in [3.63, 3.8) is 0 Å². The molecule has 0 aliphatic carbocycles. The lowest BCUT2D eigenvalue weighted by molar-refractivity contribution is 0.0717. The molecule has 0 saturated heterocycles. The zero-order chi connectivity index (χ0) is 16.5. The van der Waals surface area contributed by atoms with Gasteiger partial charge in [-0.05, 0) is 37.2 Å². The molecule has 0 saturated carbocycles. The highest BCUT2D eigenvalue weighted by Gasteiger charge is 2.41. The second-order valence-electron chi connectivity index (χ2n) is 6.82. The smallest absolute Gasteiger partial charge is 0.336 e. The second-order valence-corrected chi connectivity index (χ2v) is 12.5. The van der Waals surface area contributed by atoms with E-state index in [1.54, 1.807) is 12.4 Å². The maximum absolute atomic E-state index is 12.5. The van der Waals surface area contributed by atoms with Crippen LogP contribution in [0.2, 0.25) is 18.1 Å². The minimum atomic E-state index is -2.12. The molecule has 0 aromatic carbocycles. The van der Waals surface area contributed by atoms with Crippen LogP contribution in [0, 0.1) is 6.92 Å². The molecule has 2 rings (SSSR count). The van der Waals surface area contributed by atoms with E-state index < -0.39 is 8.32 Å². The zero-order valence-corrected chi connectivity index (χ0v) is 15.7. The van der Waals surface area contributed by atoms with Crippen LogP contribution in [0.4, 0.5) is 0 Å². The average molecular weight is 335 g/mol. The number of aromatic nitrogens is 2. The average Bonchev–Trinajstić information content (AvgIpc) is 2.80. The number of hydrogen-bond acceptors (Lipinski definition) is 5. The quantitative estimate of drug-likeness (QED) is 0.765. The van der Waals surface area contributed by atoms with Gasteiger partial charge in [0.2, 0.25) is 0 Å². The van der Waals surface area contributed by atoms with Crippen molar-refractivity contribution in [1.29, 1.82) is 0 Å². The molecule has 0 aliphatic rings. The first-order valence-corrected chi connectivity index (χ1v) is 11.0. The van der Waals surface area contributed by atoms with Crippen molar-refractivity contribution in [3.8, 4) is 10.6 Å². The van der Waals surface area contributed by atoms with Crippen LogP contribution in [0.5, 0.6) is 0 Å². The highest BCUT2D eigenvalue weighted by atomic mass is 32.1. The first-order chi connectivity index (χ1) is 10.1. The van der Waals surface area contributed by atoms with E-state index in [0.717, 1.165) is 16.3 Å². The third-order valence-corrected chi connectivity index (χ3v) is 9.56. The number of carbonyl (C=O) groups excluding carboxylic acids is 1. The van der Waals surface area contributed by atoms with Crippen molar-refractivity contribution in [1.82, 2.24) is 9.97 Å². The van der Waals surface area contributed by atoms with E-state index in [0.29, 0.717) is 4.88 Å². The molecule has 118 valence electrons. The van der Waals surface area contributed by atoms with Crippen molar-refractivity contribution >= 4 is 25.6 Å². The molecule has 0 spiro atoms. The van der Waals surface area contributed by atoms with Gasteiger partial charge in [-0.3, -0.25) is 4.98 Å². The fourth-order valence-corrected chi connectivity index (χ4v) is 3.53. The maximum Gasteiger partial charge on any atom is 0.336 e. The van der Waals surface area contributed by atoms with Gasteiger partial charge in [-0.1, -0.05) is 20.8 Å². The topological polar surface area (TPSA) is 52.1 Å². The van der Waals surface area contributed by atoms with E-state index in [2.05, 4.69) is 43.8 Å². The lowest BCUT2D eigenvalue weighted by Gasteiger charge is -2.35. The van der Waals surface area contributed by atoms with Crippen LogP contribution in [0.3, 0.4) is 0 Å². The van der Waals surface area contributed by atoms with Gasteiger partial charge in [-0.2, -0.15) is 0 Å². The van der Waals surface area contributed by atoms with Gasteiger partial charge in [0.05, 0.1) is 5.69 Å². The summed E-state index contributed by atoms with van der Waals surface area (Å²) in [4.78, 5) is 21.6. The first-order valence-electron chi connectivity index (χ1n) is 7.23. The largest absolute Gasteiger partial charge is 0.515 e. The summed E-state index contributed by atoms with van der Waals surface area (Å²) in [5.41, 5.74) is 1.69. The third kappa shape index (κ3) is 3.44. The first kappa shape index (κ1) is 16.8. The maximum atomic E-state index is 12.5. The van der Waals surface area contributed by atoms with Gasteiger partial charge in [0.15, 0.2) is 0 Å². The van der Waals surface area contributed by atoms with Crippen molar-refractivity contribution in [3.05, 3.63) is 35.1 Å². The highest BCUT2D eigenvalue weighted by Crippen LogP contribution is 2.38. The fourth-order valence-electron chi connectivity index (χ4n) is 1.63. The van der Waals surface area contributed by atoms with Crippen LogP contribution in [0.1, 0.15) is 36.1 Å². The summed E-state index contributed by atoms with van der Waals surface area (Å²) in [5.74, 6) is -0.248. The van der Waals surface area contributed by atoms with Crippen molar-refractivity contribution in [2.45, 2.75) is 45.8 Å². The Bertz CT molecular complexity index is 675. The van der Waals surface area contributed by atoms with E-state index in [1.165, 1.54) is 11.3 Å². The van der Waals surface area contributed by atoms with E-state index in [9.17, 15) is 4.79 Å². The standard InChI is InChI=1S/C16H22N2O2SSi/c1-11-13(15(19)20-22(5,6)16(2,3)4)21-14(18-11)12-7-9-17-10-8-12/h7-10H,1-6H3. The van der Waals surface area contributed by atoms with Crippen LogP contribution in [-0.2, 0) is 4.43 Å². The lowest BCUT2D eigenvalue weighted by atomic mass is 10.2. The Morgan fingerprint density at radius 3 is 2.36 bits per heavy atom. The molecular formula is C16H22N2O2SSi. The van der Waals surface area contributed by atoms with Gasteiger partial charge in [0, 0.05) is 18.0 Å². The summed E-state index contributed by atoms with van der Waals surface area (Å²) in [5, 5.41) is 0.817. The van der Waals surface area contributed by atoms with Gasteiger partial charge in [0.25, 0.3) is 8.32 Å². The highest BCUT2D eigenvalue weighted by molar-refractivity contribution is 7.17. The van der Waals surface area contributed by atoms with Crippen LogP contribution < -0.4 is 0 Å². The molecule has 2 heterocycles. The van der Waals surface area contributed by atoms with Gasteiger partial charge >= 0.3 is 5.97 Å². The molecule has 0 aliphatic heterocycles. The molecule has 0 amide bonds. The monoisotopic (exact) mass is 334 g/mol. The Labute approximate surface area is 136 Å². The van der Waals surface area contributed by atoms with Gasteiger partial charge in [-0.15, -0.1) is 11.3 Å². The minimum absolute atomic E-state index is 0.00478. The SMILES string of the molecule is Cc1nc(-c2ccncc2)sc1C(=O)O[Si](C)(C)C(C)(C)C. The molecule has 0 radical (unpaired) electrons. The predicted octanol–water partition coefficient (Wildman–Crippen LogP) is 4.68. The van der Waals surface area contributed by atoms with E-state index >= 15 is 0 Å². The number of carbonyl (C=O) groups is 1. The molecule has 0 bridgehead atoms. The summed E-state index contributed by atoms with van der Waals surface area (Å²) >= 11 is 1.38. The molecule has 4 nitrogen and oxygen atoms in total. The number of rotatable bonds is 3. The van der Waals surface area contributed by atoms with Crippen molar-refractivity contribution in [2.24, 2.45) is 0 Å². The second kappa shape index (κ2) is 5.93. The van der Waals surface area contributed by atoms with Crippen LogP contribution in [-0.4, -0.2) is 24.3 Å². The van der Waals surface area contributed by atoms with Gasteiger partial charge in [0.1, 0.15) is 9.88 Å². The van der Waals surface area contributed by atoms with Crippen LogP contribution in [0.15, 0.2) is 24.5 Å². The summed E-state index contributed by atoms with van der Waals surface area (Å²) in [6.07, 6.45) is 3.44. The number of hydrogen-bond donors (Lipinski definition) is 0. The molecule has 0 atom stereocenters. The Morgan fingerprint density at radius 2 is 1.82 bits per heavy atom. The zero-order valence-electron chi connectivity index (χ0n) is 13.9. The Balaban J connectivity index is 2.27. The summed E-state index contributed by atoms with van der Waals surface area (Å²) in [6.45, 7) is 12.4. The molecule has 2 aromatic heterocycles. The molecular weight excluding hydrogens is 312 g/mol. The molecule has 0 unspecified atom stereocenters. The van der Waals surface area contributed by atoms with Crippen LogP contribution in [0.25, 0.3) is 10.6 Å². The molecule has 6 heteroatoms. The van der Waals surface area contributed by atoms with E-state index in [4.69, 9.17) is 4.43 Å². The Kier molecular flexibility index (Phi) is 4.53. The van der Waals surface area contributed by atoms with Crippen molar-refractivity contribution in [2.75, 3.05) is 0 Å². The summed E-state index contributed by atoms with van der Waals surface area (Å²) < 4.78 is 5.88. The summed E-state index contributed by atoms with van der Waals surface area (Å²) in [7, 11) is -2.12. The number of nitrogens with zero attached hydrogens (tertiary/aromatic N) is 2. The fraction of sp³-hybridized carbons (Fsp3) is 0.438. The number of thiazole rings is 1. The predicted molar refractivity (Wildman–Crippen MR) is 92.7 cm³/mol. The Hall–Kier alpha value is -1.53.